The zero-order chi connectivity index (χ0) is 40.2. The molecule has 0 aromatic carbocycles. The summed E-state index contributed by atoms with van der Waals surface area (Å²) in [5.74, 6) is -0.326. The van der Waals surface area contributed by atoms with Crippen LogP contribution in [-0.2, 0) is 27.9 Å². The molecule has 0 spiro atoms. The zero-order valence-corrected chi connectivity index (χ0v) is 37.3. The molecular weight excluding hydrogens is 709 g/mol. The van der Waals surface area contributed by atoms with Crippen molar-refractivity contribution in [1.82, 2.24) is 0 Å². The second-order valence-corrected chi connectivity index (χ2v) is 17.4. The van der Waals surface area contributed by atoms with Gasteiger partial charge in [-0.15, -0.1) is 0 Å². The van der Waals surface area contributed by atoms with Crippen LogP contribution in [0.1, 0.15) is 239 Å². The number of ether oxygens (including phenoxy) is 2. The lowest BCUT2D eigenvalue weighted by Crippen LogP contribution is -2.28. The SMILES string of the molecule is CCCCCCCCCC/C=C\CCCCCCCCCCCCCC(=O)OC(COCCCCCCCCCCCCCCC)COP(=O)(O)OCCN. The third-order valence-electron chi connectivity index (χ3n) is 10.4. The van der Waals surface area contributed by atoms with Crippen molar-refractivity contribution < 1.29 is 32.8 Å². The van der Waals surface area contributed by atoms with Gasteiger partial charge in [0.2, 0.25) is 0 Å². The van der Waals surface area contributed by atoms with Crippen molar-refractivity contribution in [1.29, 1.82) is 0 Å². The molecule has 0 amide bonds. The molecule has 0 aliphatic carbocycles. The molecule has 0 saturated heterocycles. The van der Waals surface area contributed by atoms with Crippen LogP contribution in [0.3, 0.4) is 0 Å². The van der Waals surface area contributed by atoms with Crippen LogP contribution < -0.4 is 5.73 Å². The van der Waals surface area contributed by atoms with Gasteiger partial charge in [-0.1, -0.05) is 206 Å². The molecule has 0 aliphatic heterocycles. The Morgan fingerprint density at radius 2 is 0.909 bits per heavy atom. The summed E-state index contributed by atoms with van der Waals surface area (Å²) >= 11 is 0. The Balaban J connectivity index is 3.90. The van der Waals surface area contributed by atoms with E-state index in [0.717, 1.165) is 32.1 Å². The molecule has 0 aliphatic rings. The quantitative estimate of drug-likeness (QED) is 0.0270. The Hall–Kier alpha value is -0.760. The molecule has 2 atom stereocenters. The number of unbranched alkanes of at least 4 members (excludes halogenated alkanes) is 31. The van der Waals surface area contributed by atoms with Gasteiger partial charge in [-0.25, -0.2) is 4.57 Å². The van der Waals surface area contributed by atoms with E-state index in [4.69, 9.17) is 24.3 Å². The van der Waals surface area contributed by atoms with Gasteiger partial charge in [0, 0.05) is 19.6 Å². The van der Waals surface area contributed by atoms with Crippen LogP contribution in [0, 0.1) is 0 Å². The molecular formula is C46H92NO7P. The maximum Gasteiger partial charge on any atom is 0.472 e. The molecule has 0 saturated carbocycles. The summed E-state index contributed by atoms with van der Waals surface area (Å²) in [5, 5.41) is 0. The largest absolute Gasteiger partial charge is 0.472 e. The number of hydrogen-bond donors (Lipinski definition) is 2. The number of carbonyl (C=O) groups is 1. The van der Waals surface area contributed by atoms with Gasteiger partial charge in [-0.3, -0.25) is 13.8 Å². The molecule has 2 unspecified atom stereocenters. The molecule has 3 N–H and O–H groups in total. The number of rotatable bonds is 46. The van der Waals surface area contributed by atoms with Gasteiger partial charge in [0.05, 0.1) is 19.8 Å². The Morgan fingerprint density at radius 3 is 1.33 bits per heavy atom. The molecule has 0 fully saturated rings. The maximum atomic E-state index is 12.6. The van der Waals surface area contributed by atoms with Crippen molar-refractivity contribution >= 4 is 13.8 Å². The molecule has 0 aromatic rings. The monoisotopic (exact) mass is 802 g/mol. The molecule has 8 nitrogen and oxygen atoms in total. The van der Waals surface area contributed by atoms with Crippen LogP contribution in [0.25, 0.3) is 0 Å². The third kappa shape index (κ3) is 44.2. The first-order chi connectivity index (χ1) is 26.9. The number of carbonyl (C=O) groups excluding carboxylic acids is 1. The second-order valence-electron chi connectivity index (χ2n) is 16.0. The van der Waals surface area contributed by atoms with Crippen LogP contribution in [0.15, 0.2) is 12.2 Å². The lowest BCUT2D eigenvalue weighted by atomic mass is 10.0. The highest BCUT2D eigenvalue weighted by Gasteiger charge is 2.25. The van der Waals surface area contributed by atoms with E-state index in [0.29, 0.717) is 13.0 Å². The van der Waals surface area contributed by atoms with Gasteiger partial charge in [0.25, 0.3) is 0 Å². The topological polar surface area (TPSA) is 117 Å². The summed E-state index contributed by atoms with van der Waals surface area (Å²) in [6, 6.07) is 0. The fourth-order valence-electron chi connectivity index (χ4n) is 6.93. The summed E-state index contributed by atoms with van der Waals surface area (Å²) in [7, 11) is -4.27. The molecule has 0 aromatic heterocycles. The summed E-state index contributed by atoms with van der Waals surface area (Å²) in [6.07, 6.45) is 48.1. The normalized spacial score (nSPS) is 13.5. The molecule has 0 rings (SSSR count). The highest BCUT2D eigenvalue weighted by Crippen LogP contribution is 2.43. The molecule has 0 bridgehead atoms. The highest BCUT2D eigenvalue weighted by molar-refractivity contribution is 7.47. The van der Waals surface area contributed by atoms with E-state index in [9.17, 15) is 14.3 Å². The minimum absolute atomic E-state index is 0.0919. The van der Waals surface area contributed by atoms with Crippen molar-refractivity contribution in [3.8, 4) is 0 Å². The number of phosphoric ester groups is 1. The van der Waals surface area contributed by atoms with Crippen molar-refractivity contribution in [2.75, 3.05) is 33.0 Å². The molecule has 328 valence electrons. The minimum Gasteiger partial charge on any atom is -0.457 e. The van der Waals surface area contributed by atoms with Crippen molar-refractivity contribution in [3.05, 3.63) is 12.2 Å². The summed E-state index contributed by atoms with van der Waals surface area (Å²) in [6.45, 7) is 4.97. The number of phosphoric acid groups is 1. The maximum absolute atomic E-state index is 12.6. The molecule has 0 radical (unpaired) electrons. The first kappa shape index (κ1) is 54.2. The van der Waals surface area contributed by atoms with E-state index in [1.807, 2.05) is 0 Å². The predicted molar refractivity (Wildman–Crippen MR) is 234 cm³/mol. The summed E-state index contributed by atoms with van der Waals surface area (Å²) in [5.41, 5.74) is 5.37. The van der Waals surface area contributed by atoms with Crippen LogP contribution in [0.4, 0.5) is 0 Å². The van der Waals surface area contributed by atoms with E-state index in [1.165, 1.54) is 186 Å². The number of allylic oxidation sites excluding steroid dienone is 2. The first-order valence-corrected chi connectivity index (χ1v) is 25.2. The standard InChI is InChI=1S/C46H92NO7P/c1-3-5-7-9-11-13-15-17-18-19-20-21-22-23-24-25-26-27-29-31-33-35-37-39-46(48)54-45(44-53-55(49,50)52-42-40-47)43-51-41-38-36-34-32-30-28-16-14-12-10-8-6-4-2/h19-20,45H,3-18,21-44,47H2,1-2H3,(H,49,50)/b20-19-. The van der Waals surface area contributed by atoms with E-state index in [-0.39, 0.29) is 32.3 Å². The smallest absolute Gasteiger partial charge is 0.457 e. The van der Waals surface area contributed by atoms with Crippen LogP contribution in [0.5, 0.6) is 0 Å². The van der Waals surface area contributed by atoms with Crippen molar-refractivity contribution in [2.24, 2.45) is 5.73 Å². The van der Waals surface area contributed by atoms with Crippen LogP contribution >= 0.6 is 7.82 Å². The number of esters is 1. The molecule has 0 heterocycles. The average molecular weight is 802 g/mol. The van der Waals surface area contributed by atoms with Gasteiger partial charge in [0.1, 0.15) is 6.10 Å². The lowest BCUT2D eigenvalue weighted by molar-refractivity contribution is -0.154. The van der Waals surface area contributed by atoms with Gasteiger partial charge in [-0.05, 0) is 38.5 Å². The third-order valence-corrected chi connectivity index (χ3v) is 11.4. The number of hydrogen-bond acceptors (Lipinski definition) is 7. The molecule has 9 heteroatoms. The Morgan fingerprint density at radius 1 is 0.527 bits per heavy atom. The van der Waals surface area contributed by atoms with E-state index >= 15 is 0 Å². The summed E-state index contributed by atoms with van der Waals surface area (Å²) in [4.78, 5) is 22.5. The molecule has 55 heavy (non-hydrogen) atoms. The second kappa shape index (κ2) is 44.3. The average Bonchev–Trinajstić information content (AvgIpc) is 3.17. The van der Waals surface area contributed by atoms with E-state index in [1.54, 1.807) is 0 Å². The van der Waals surface area contributed by atoms with Gasteiger partial charge >= 0.3 is 13.8 Å². The highest BCUT2D eigenvalue weighted by atomic mass is 31.2. The van der Waals surface area contributed by atoms with Gasteiger partial charge < -0.3 is 20.1 Å². The van der Waals surface area contributed by atoms with Gasteiger partial charge in [-0.2, -0.15) is 0 Å². The van der Waals surface area contributed by atoms with Gasteiger partial charge in [0.15, 0.2) is 0 Å². The summed E-state index contributed by atoms with van der Waals surface area (Å²) < 4.78 is 33.5. The van der Waals surface area contributed by atoms with Crippen molar-refractivity contribution in [3.63, 3.8) is 0 Å². The minimum atomic E-state index is -4.27. The van der Waals surface area contributed by atoms with E-state index in [2.05, 4.69) is 26.0 Å². The van der Waals surface area contributed by atoms with Crippen molar-refractivity contribution in [2.45, 2.75) is 245 Å². The predicted octanol–water partition coefficient (Wildman–Crippen LogP) is 14.3. The Labute approximate surface area is 341 Å². The van der Waals surface area contributed by atoms with E-state index < -0.39 is 13.9 Å². The Kier molecular flexibility index (Phi) is 43.7. The number of nitrogens with two attached hydrogens (primary N) is 1. The fraction of sp³-hybridized carbons (Fsp3) is 0.935. The first-order valence-electron chi connectivity index (χ1n) is 23.7. The fourth-order valence-corrected chi connectivity index (χ4v) is 7.70. The zero-order valence-electron chi connectivity index (χ0n) is 36.4. The van der Waals surface area contributed by atoms with Crippen LogP contribution in [-0.4, -0.2) is 49.9 Å². The Bertz CT molecular complexity index is 858. The van der Waals surface area contributed by atoms with Crippen LogP contribution in [0.2, 0.25) is 0 Å². The lowest BCUT2D eigenvalue weighted by Gasteiger charge is -2.20.